The third kappa shape index (κ3) is 8.20. The number of oxime groups is 1. The lowest BCUT2D eigenvalue weighted by molar-refractivity contribution is -0.883. The van der Waals surface area contributed by atoms with Crippen LogP contribution in [0.5, 0.6) is 0 Å². The zero-order valence-electron chi connectivity index (χ0n) is 29.0. The molecule has 3 amide bonds. The number of esters is 1. The van der Waals surface area contributed by atoms with E-state index >= 15 is 0 Å². The highest BCUT2D eigenvalue weighted by atomic mass is 127. The maximum Gasteiger partial charge on any atom is 0.338 e. The molecule has 0 spiro atoms. The molecule has 2 atom stereocenters. The van der Waals surface area contributed by atoms with E-state index in [-0.39, 0.29) is 59.1 Å². The second-order valence-electron chi connectivity index (χ2n) is 14.4. The van der Waals surface area contributed by atoms with E-state index in [4.69, 9.17) is 21.2 Å². The highest BCUT2D eigenvalue weighted by Gasteiger charge is 2.43. The quantitative estimate of drug-likeness (QED) is 0.231. The van der Waals surface area contributed by atoms with Crippen LogP contribution in [0.4, 0.5) is 15.8 Å². The molecule has 0 radical (unpaired) electrons. The predicted octanol–water partition coefficient (Wildman–Crippen LogP) is 2.12. The van der Waals surface area contributed by atoms with Crippen molar-refractivity contribution in [3.63, 3.8) is 0 Å². The number of ether oxygens (including phenoxy) is 1. The van der Waals surface area contributed by atoms with Crippen molar-refractivity contribution in [1.29, 1.82) is 0 Å². The van der Waals surface area contributed by atoms with E-state index in [1.165, 1.54) is 17.0 Å². The molecule has 6 rings (SSSR count). The molecule has 51 heavy (non-hydrogen) atoms. The van der Waals surface area contributed by atoms with Gasteiger partial charge in [0.1, 0.15) is 11.6 Å². The molecule has 270 valence electrons. The smallest absolute Gasteiger partial charge is 0.338 e. The molecule has 3 aliphatic rings. The number of nitrogens with one attached hydrogen (secondary N) is 1. The summed E-state index contributed by atoms with van der Waals surface area (Å²) in [5.41, 5.74) is 2.54. The predicted molar refractivity (Wildman–Crippen MR) is 186 cm³/mol. The summed E-state index contributed by atoms with van der Waals surface area (Å²) in [5, 5.41) is 6.85. The average molecular weight is 832 g/mol. The summed E-state index contributed by atoms with van der Waals surface area (Å²) >= 11 is 5.98. The normalized spacial score (nSPS) is 19.7. The van der Waals surface area contributed by atoms with Gasteiger partial charge in [0, 0.05) is 29.9 Å². The highest BCUT2D eigenvalue weighted by molar-refractivity contribution is 6.31. The van der Waals surface area contributed by atoms with Gasteiger partial charge >= 0.3 is 5.97 Å². The van der Waals surface area contributed by atoms with Crippen LogP contribution in [0.2, 0.25) is 5.02 Å². The summed E-state index contributed by atoms with van der Waals surface area (Å²) < 4.78 is 20.8. The molecule has 14 heteroatoms. The molecule has 0 bridgehead atoms. The van der Waals surface area contributed by atoms with Crippen LogP contribution < -0.4 is 34.2 Å². The van der Waals surface area contributed by atoms with Crippen molar-refractivity contribution in [2.75, 3.05) is 50.5 Å². The highest BCUT2D eigenvalue weighted by Crippen LogP contribution is 2.38. The number of halogens is 3. The van der Waals surface area contributed by atoms with Crippen molar-refractivity contribution in [2.24, 2.45) is 5.16 Å². The lowest BCUT2D eigenvalue weighted by atomic mass is 9.89. The van der Waals surface area contributed by atoms with Crippen molar-refractivity contribution in [3.05, 3.63) is 93.8 Å². The van der Waals surface area contributed by atoms with Crippen molar-refractivity contribution >= 4 is 52.4 Å². The van der Waals surface area contributed by atoms with E-state index in [1.54, 1.807) is 68.1 Å². The van der Waals surface area contributed by atoms with Crippen LogP contribution in [0.3, 0.4) is 0 Å². The van der Waals surface area contributed by atoms with Crippen molar-refractivity contribution in [1.82, 2.24) is 4.90 Å². The monoisotopic (exact) mass is 831 g/mol. The Labute approximate surface area is 318 Å². The third-order valence-corrected chi connectivity index (χ3v) is 9.30. The second-order valence-corrected chi connectivity index (χ2v) is 14.8. The van der Waals surface area contributed by atoms with Gasteiger partial charge in [-0.15, -0.1) is 0 Å². The number of piperazine rings is 1. The van der Waals surface area contributed by atoms with Gasteiger partial charge in [-0.3, -0.25) is 14.4 Å². The Hall–Kier alpha value is -4.08. The average Bonchev–Trinajstić information content (AvgIpc) is 3.54. The Morgan fingerprint density at radius 1 is 1.04 bits per heavy atom. The molecule has 3 aromatic rings. The Balaban J connectivity index is 0.00000504. The molecular formula is C37H40ClFIN5O6. The Bertz CT molecular complexity index is 1900. The molecule has 0 aliphatic carbocycles. The molecule has 11 nitrogen and oxygen atoms in total. The number of quaternary nitrogens is 1. The lowest BCUT2D eigenvalue weighted by Gasteiger charge is -2.41. The Morgan fingerprint density at radius 3 is 2.43 bits per heavy atom. The first-order valence-corrected chi connectivity index (χ1v) is 16.9. The van der Waals surface area contributed by atoms with Crippen LogP contribution in [0.1, 0.15) is 60.3 Å². The van der Waals surface area contributed by atoms with Gasteiger partial charge in [-0.05, 0) is 80.8 Å². The zero-order chi connectivity index (χ0) is 36.0. The van der Waals surface area contributed by atoms with Gasteiger partial charge in [0.05, 0.1) is 43.5 Å². The van der Waals surface area contributed by atoms with E-state index in [0.29, 0.717) is 40.8 Å². The summed E-state index contributed by atoms with van der Waals surface area (Å²) in [6.45, 7) is 7.11. The lowest BCUT2D eigenvalue weighted by Crippen LogP contribution is -3.00. The first-order valence-electron chi connectivity index (χ1n) is 16.5. The molecule has 3 heterocycles. The summed E-state index contributed by atoms with van der Waals surface area (Å²) in [7, 11) is 4.03. The zero-order valence-corrected chi connectivity index (χ0v) is 32.0. The maximum absolute atomic E-state index is 14.8. The minimum atomic E-state index is -1.10. The molecule has 0 saturated carbocycles. The number of carbonyl (C=O) groups excluding carboxylic acids is 4. The number of amides is 3. The SMILES string of the molecule is CC(C)(C)OC(=O)c1ccc(NC(=O)[C@@H]2c3cccc(N4CC[N+](C)(C)CC4=O)c3CCN2C(=O)[C@H]2CC(c3cccc(Cl)c3F)=NO2)cc1.[I-]. The first kappa shape index (κ1) is 38.2. The maximum atomic E-state index is 14.8. The molecular weight excluding hydrogens is 792 g/mol. The summed E-state index contributed by atoms with van der Waals surface area (Å²) in [5.74, 6) is -2.16. The van der Waals surface area contributed by atoms with Crippen LogP contribution in [-0.2, 0) is 30.4 Å². The third-order valence-electron chi connectivity index (χ3n) is 9.01. The van der Waals surface area contributed by atoms with E-state index in [0.717, 1.165) is 17.8 Å². The summed E-state index contributed by atoms with van der Waals surface area (Å²) in [6, 6.07) is 15.2. The van der Waals surface area contributed by atoms with Crippen LogP contribution in [-0.4, -0.2) is 90.8 Å². The number of benzene rings is 3. The first-order chi connectivity index (χ1) is 23.6. The van der Waals surface area contributed by atoms with E-state index in [9.17, 15) is 23.6 Å². The number of anilines is 2. The van der Waals surface area contributed by atoms with Crippen molar-refractivity contribution in [2.45, 2.75) is 51.4 Å². The summed E-state index contributed by atoms with van der Waals surface area (Å²) in [4.78, 5) is 63.1. The topological polar surface area (TPSA) is 118 Å². The number of nitrogens with zero attached hydrogens (tertiary/aromatic N) is 4. The number of likely N-dealkylation sites (N-methyl/N-ethyl adjacent to an activating group) is 1. The Morgan fingerprint density at radius 2 is 1.75 bits per heavy atom. The molecule has 3 aliphatic heterocycles. The second kappa shape index (κ2) is 14.9. The van der Waals surface area contributed by atoms with Gasteiger partial charge in [-0.1, -0.05) is 35.0 Å². The van der Waals surface area contributed by atoms with E-state index in [1.807, 2.05) is 20.2 Å². The minimum absolute atomic E-state index is 0. The van der Waals surface area contributed by atoms with E-state index < -0.39 is 41.3 Å². The van der Waals surface area contributed by atoms with Gasteiger partial charge in [-0.2, -0.15) is 0 Å². The summed E-state index contributed by atoms with van der Waals surface area (Å²) in [6.07, 6.45) is -0.729. The van der Waals surface area contributed by atoms with Crippen LogP contribution in [0.15, 0.2) is 65.8 Å². The van der Waals surface area contributed by atoms with Gasteiger partial charge in [0.15, 0.2) is 12.4 Å². The van der Waals surface area contributed by atoms with Crippen molar-refractivity contribution in [3.8, 4) is 0 Å². The number of hydrogen-bond acceptors (Lipinski definition) is 7. The van der Waals surface area contributed by atoms with Gasteiger partial charge < -0.3 is 53.2 Å². The number of fused-ring (bicyclic) bond motifs is 1. The molecule has 1 saturated heterocycles. The number of rotatable bonds is 6. The number of hydrogen-bond donors (Lipinski definition) is 1. The fourth-order valence-electron chi connectivity index (χ4n) is 6.52. The van der Waals surface area contributed by atoms with Crippen LogP contribution >= 0.6 is 11.6 Å². The fourth-order valence-corrected chi connectivity index (χ4v) is 6.70. The minimum Gasteiger partial charge on any atom is -1.00 e. The molecule has 0 aromatic heterocycles. The Kier molecular flexibility index (Phi) is 11.1. The van der Waals surface area contributed by atoms with Crippen LogP contribution in [0.25, 0.3) is 0 Å². The molecule has 3 aromatic carbocycles. The standard InChI is InChI=1S/C37H39ClFN5O6.HI/c1-37(2,3)49-36(48)22-12-14-23(15-13-22)40-34(46)33-25-8-7-11-29(42-18-19-44(4,5)21-31(42)45)24(25)16-17-43(33)35(47)30-20-28(41-50-30)26-9-6-10-27(38)32(26)39;/h6-15,30,33H,16-21H2,1-5H3;1H/t30-,33+;/m1./s1. The molecule has 1 fully saturated rings. The number of carbonyl (C=O) groups is 4. The largest absolute Gasteiger partial charge is 1.00 e. The van der Waals surface area contributed by atoms with Crippen LogP contribution in [0, 0.1) is 5.82 Å². The fraction of sp³-hybridized carbons (Fsp3) is 0.378. The van der Waals surface area contributed by atoms with Gasteiger partial charge in [0.25, 0.3) is 17.7 Å². The molecule has 1 N–H and O–H groups in total. The molecule has 0 unspecified atom stereocenters. The van der Waals surface area contributed by atoms with Gasteiger partial charge in [-0.25, -0.2) is 9.18 Å². The van der Waals surface area contributed by atoms with Crippen molar-refractivity contribution < 1.29 is 61.6 Å². The van der Waals surface area contributed by atoms with Gasteiger partial charge in [0.2, 0.25) is 6.10 Å². The van der Waals surface area contributed by atoms with E-state index in [2.05, 4.69) is 10.5 Å².